The Kier molecular flexibility index (Phi) is 4.51. The van der Waals surface area contributed by atoms with Crippen LogP contribution in [-0.2, 0) is 9.53 Å². The lowest BCUT2D eigenvalue weighted by atomic mass is 9.31. The summed E-state index contributed by atoms with van der Waals surface area (Å²) < 4.78 is 6.31. The van der Waals surface area contributed by atoms with Gasteiger partial charge in [0, 0.05) is 0 Å². The molecule has 9 bridgehead atoms. The molecule has 11 atom stereocenters. The molecule has 2 heteroatoms. The molecule has 0 spiro atoms. The van der Waals surface area contributed by atoms with Crippen molar-refractivity contribution < 1.29 is 9.53 Å². The fourth-order valence-electron chi connectivity index (χ4n) is 12.2. The van der Waals surface area contributed by atoms with Gasteiger partial charge in [-0.2, -0.15) is 0 Å². The van der Waals surface area contributed by atoms with Gasteiger partial charge in [0.1, 0.15) is 0 Å². The minimum absolute atomic E-state index is 0.153. The summed E-state index contributed by atoms with van der Waals surface area (Å²) in [5.41, 5.74) is 1.39. The fraction of sp³-hybridized carbons (Fsp3) is 0.967. The first-order valence-electron chi connectivity index (χ1n) is 14.2. The maximum Gasteiger partial charge on any atom is 0.312 e. The molecule has 0 N–H and O–H groups in total. The Morgan fingerprint density at radius 3 is 2.34 bits per heavy atom. The molecule has 3 unspecified atom stereocenters. The molecule has 3 saturated heterocycles. The minimum atomic E-state index is -0.276. The van der Waals surface area contributed by atoms with Crippen LogP contribution in [-0.4, -0.2) is 12.6 Å². The first-order chi connectivity index (χ1) is 15.0. The summed E-state index contributed by atoms with van der Waals surface area (Å²) in [4.78, 5) is 13.8. The van der Waals surface area contributed by atoms with Crippen LogP contribution in [0.2, 0.25) is 0 Å². The van der Waals surface area contributed by atoms with E-state index in [9.17, 15) is 4.79 Å². The zero-order valence-corrected chi connectivity index (χ0v) is 21.8. The summed E-state index contributed by atoms with van der Waals surface area (Å²) in [7, 11) is 0. The van der Waals surface area contributed by atoms with E-state index in [1.807, 2.05) is 0 Å². The van der Waals surface area contributed by atoms with Crippen molar-refractivity contribution in [1.29, 1.82) is 0 Å². The van der Waals surface area contributed by atoms with Gasteiger partial charge in [0.25, 0.3) is 0 Å². The van der Waals surface area contributed by atoms with Crippen molar-refractivity contribution in [3.8, 4) is 0 Å². The molecule has 0 aromatic carbocycles. The van der Waals surface area contributed by atoms with Crippen LogP contribution < -0.4 is 0 Å². The predicted octanol–water partition coefficient (Wildman–Crippen LogP) is 7.65. The molecule has 0 amide bonds. The monoisotopic (exact) mass is 440 g/mol. The molecule has 8 aliphatic rings. The normalized spacial score (nSPS) is 61.5. The Balaban J connectivity index is 1.54. The lowest BCUT2D eigenvalue weighted by Crippen LogP contribution is -2.66. The lowest BCUT2D eigenvalue weighted by molar-refractivity contribution is -0.246. The van der Waals surface area contributed by atoms with E-state index in [-0.39, 0.29) is 11.4 Å². The molecule has 5 saturated carbocycles. The fourth-order valence-corrected chi connectivity index (χ4v) is 12.2. The Hall–Kier alpha value is -0.530. The first-order valence-corrected chi connectivity index (χ1v) is 14.2. The van der Waals surface area contributed by atoms with Crippen molar-refractivity contribution in [1.82, 2.24) is 0 Å². The smallest absolute Gasteiger partial charge is 0.312 e. The van der Waals surface area contributed by atoms with E-state index in [0.717, 1.165) is 24.2 Å². The van der Waals surface area contributed by atoms with Gasteiger partial charge >= 0.3 is 5.97 Å². The topological polar surface area (TPSA) is 26.3 Å². The molecular formula is C30H48O2. The van der Waals surface area contributed by atoms with Gasteiger partial charge in [-0.3, -0.25) is 4.79 Å². The minimum Gasteiger partial charge on any atom is -0.465 e. The number of carbonyl (C=O) groups is 1. The number of hydrogen-bond acceptors (Lipinski definition) is 2. The molecule has 8 fully saturated rings. The van der Waals surface area contributed by atoms with Crippen LogP contribution in [0, 0.1) is 62.6 Å². The zero-order chi connectivity index (χ0) is 22.7. The number of hydrogen-bond donors (Lipinski definition) is 0. The summed E-state index contributed by atoms with van der Waals surface area (Å²) in [6.45, 7) is 16.2. The average molecular weight is 441 g/mol. The second-order valence-electron chi connectivity index (χ2n) is 14.9. The molecule has 0 aromatic heterocycles. The van der Waals surface area contributed by atoms with Crippen molar-refractivity contribution in [3.63, 3.8) is 0 Å². The van der Waals surface area contributed by atoms with Crippen LogP contribution in [0.1, 0.15) is 112 Å². The molecular weight excluding hydrogens is 392 g/mol. The van der Waals surface area contributed by atoms with E-state index < -0.39 is 0 Å². The van der Waals surface area contributed by atoms with Crippen LogP contribution in [0.15, 0.2) is 0 Å². The third-order valence-corrected chi connectivity index (χ3v) is 14.1. The van der Waals surface area contributed by atoms with Gasteiger partial charge in [0.15, 0.2) is 0 Å². The molecule has 32 heavy (non-hydrogen) atoms. The Morgan fingerprint density at radius 1 is 0.781 bits per heavy atom. The summed E-state index contributed by atoms with van der Waals surface area (Å²) in [6, 6.07) is 0. The average Bonchev–Trinajstić information content (AvgIpc) is 2.73. The highest BCUT2D eigenvalue weighted by molar-refractivity contribution is 5.77. The van der Waals surface area contributed by atoms with E-state index in [0.29, 0.717) is 46.0 Å². The van der Waals surface area contributed by atoms with Gasteiger partial charge in [-0.05, 0) is 128 Å². The molecule has 0 radical (unpaired) electrons. The second kappa shape index (κ2) is 6.57. The number of esters is 1. The quantitative estimate of drug-likeness (QED) is 0.362. The van der Waals surface area contributed by atoms with Crippen LogP contribution in [0.25, 0.3) is 0 Å². The molecule has 3 aliphatic heterocycles. The Labute approximate surface area is 197 Å². The van der Waals surface area contributed by atoms with Gasteiger partial charge in [-0.25, -0.2) is 0 Å². The maximum absolute atomic E-state index is 13.8. The number of ether oxygens (including phenoxy) is 1. The first kappa shape index (κ1) is 22.0. The number of fused-ring (bicyclic) bond motifs is 2. The molecule has 180 valence electrons. The van der Waals surface area contributed by atoms with E-state index in [4.69, 9.17) is 4.74 Å². The highest BCUT2D eigenvalue weighted by atomic mass is 16.5. The summed E-state index contributed by atoms with van der Waals surface area (Å²) >= 11 is 0. The van der Waals surface area contributed by atoms with Gasteiger partial charge < -0.3 is 4.74 Å². The van der Waals surface area contributed by atoms with Crippen molar-refractivity contribution in [2.24, 2.45) is 62.6 Å². The van der Waals surface area contributed by atoms with E-state index in [1.54, 1.807) is 0 Å². The van der Waals surface area contributed by atoms with Gasteiger partial charge in [-0.1, -0.05) is 41.0 Å². The largest absolute Gasteiger partial charge is 0.465 e. The summed E-state index contributed by atoms with van der Waals surface area (Å²) in [6.07, 6.45) is 14.4. The van der Waals surface area contributed by atoms with Crippen molar-refractivity contribution in [2.75, 3.05) is 6.61 Å². The predicted molar refractivity (Wildman–Crippen MR) is 129 cm³/mol. The van der Waals surface area contributed by atoms with E-state index in [2.05, 4.69) is 41.5 Å². The lowest BCUT2D eigenvalue weighted by Gasteiger charge is -2.73. The van der Waals surface area contributed by atoms with Crippen LogP contribution in [0.5, 0.6) is 0 Å². The Morgan fingerprint density at radius 2 is 1.56 bits per heavy atom. The highest BCUT2D eigenvalue weighted by Gasteiger charge is 2.70. The molecule has 5 aliphatic carbocycles. The highest BCUT2D eigenvalue weighted by Crippen LogP contribution is 2.77. The van der Waals surface area contributed by atoms with E-state index >= 15 is 0 Å². The van der Waals surface area contributed by atoms with Gasteiger partial charge in [0.2, 0.25) is 0 Å². The van der Waals surface area contributed by atoms with Gasteiger partial charge in [0.05, 0.1) is 12.0 Å². The molecule has 8 rings (SSSR count). The number of carbonyl (C=O) groups excluding carboxylic acids is 1. The standard InChI is InChI=1S/C30H48O2/c1-19-20-10-14-26(2)16-17-29(5)21(24(19)26)8-9-23-27(3)12-7-13-28(4,25(31)32-18-20)22(27)11-15-30(23,29)6/h19-24H,7-18H2,1-6H3/t19-,20-,21+,22?,23?,24-,26+,27-,28?,29+,30+/m0/s1. The van der Waals surface area contributed by atoms with E-state index in [1.165, 1.54) is 64.2 Å². The SMILES string of the molecule is C[C@H]1[C@H]2CC[C@]3(C)CC[C@]4(C)[C@H](CCC5[C@@]6(C)CCCC(C)(C(=O)OC2)C6CC[C@]54C)[C@H]13. The molecule has 0 aromatic rings. The van der Waals surface area contributed by atoms with Gasteiger partial charge in [-0.15, -0.1) is 0 Å². The van der Waals surface area contributed by atoms with Crippen molar-refractivity contribution in [3.05, 3.63) is 0 Å². The Bertz CT molecular complexity index is 820. The van der Waals surface area contributed by atoms with Crippen molar-refractivity contribution in [2.45, 2.75) is 112 Å². The van der Waals surface area contributed by atoms with Crippen LogP contribution in [0.3, 0.4) is 0 Å². The summed E-state index contributed by atoms with van der Waals surface area (Å²) in [5.74, 6) is 4.31. The van der Waals surface area contributed by atoms with Crippen molar-refractivity contribution >= 4 is 5.97 Å². The van der Waals surface area contributed by atoms with Crippen LogP contribution in [0.4, 0.5) is 0 Å². The second-order valence-corrected chi connectivity index (χ2v) is 14.9. The molecule has 2 nitrogen and oxygen atoms in total. The molecule has 3 heterocycles. The third-order valence-electron chi connectivity index (χ3n) is 14.1. The maximum atomic E-state index is 13.8. The zero-order valence-electron chi connectivity index (χ0n) is 21.8. The third kappa shape index (κ3) is 2.41. The number of rotatable bonds is 0. The van der Waals surface area contributed by atoms with Crippen LogP contribution >= 0.6 is 0 Å². The summed E-state index contributed by atoms with van der Waals surface area (Å²) in [5, 5.41) is 0.